The second-order valence-electron chi connectivity index (χ2n) is 5.71. The molecule has 1 unspecified atom stereocenters. The van der Waals surface area contributed by atoms with Crippen LogP contribution in [-0.2, 0) is 5.54 Å². The van der Waals surface area contributed by atoms with Gasteiger partial charge in [-0.3, -0.25) is 0 Å². The molecule has 0 spiro atoms. The monoisotopic (exact) mass is 299 g/mol. The van der Waals surface area contributed by atoms with E-state index in [1.807, 2.05) is 34.8 Å². The van der Waals surface area contributed by atoms with Gasteiger partial charge >= 0.3 is 0 Å². The van der Waals surface area contributed by atoms with Crippen LogP contribution >= 0.6 is 11.3 Å². The van der Waals surface area contributed by atoms with E-state index in [1.165, 1.54) is 12.8 Å². The smallest absolute Gasteiger partial charge is 0.235 e. The lowest BCUT2D eigenvalue weighted by Crippen LogP contribution is -2.43. The molecule has 1 atom stereocenters. The molecule has 108 valence electrons. The summed E-state index contributed by atoms with van der Waals surface area (Å²) in [7, 11) is 0. The fourth-order valence-electron chi connectivity index (χ4n) is 2.85. The maximum atomic E-state index is 4.79. The number of aromatic nitrogens is 4. The quantitative estimate of drug-likeness (QED) is 0.790. The van der Waals surface area contributed by atoms with E-state index in [-0.39, 0.29) is 5.54 Å². The van der Waals surface area contributed by atoms with Crippen molar-refractivity contribution in [3.05, 3.63) is 35.3 Å². The molecule has 0 bridgehead atoms. The maximum Gasteiger partial charge on any atom is 0.235 e. The SMILES string of the molecule is CC1(c2nn3c(-c4ccccc4)nnc3s2)CCCCN1. The third-order valence-corrected chi connectivity index (χ3v) is 5.28. The van der Waals surface area contributed by atoms with Gasteiger partial charge in [0.1, 0.15) is 5.01 Å². The Balaban J connectivity index is 1.79. The molecule has 1 aliphatic rings. The summed E-state index contributed by atoms with van der Waals surface area (Å²) >= 11 is 1.63. The van der Waals surface area contributed by atoms with Crippen molar-refractivity contribution >= 4 is 16.3 Å². The molecule has 21 heavy (non-hydrogen) atoms. The Kier molecular flexibility index (Phi) is 3.01. The number of hydrogen-bond donors (Lipinski definition) is 1. The highest BCUT2D eigenvalue weighted by atomic mass is 32.1. The molecule has 1 N–H and O–H groups in total. The van der Waals surface area contributed by atoms with Crippen LogP contribution in [0.2, 0.25) is 0 Å². The topological polar surface area (TPSA) is 55.1 Å². The molecular weight excluding hydrogens is 282 g/mol. The second-order valence-corrected chi connectivity index (χ2v) is 6.66. The molecule has 1 aliphatic heterocycles. The van der Waals surface area contributed by atoms with Crippen molar-refractivity contribution in [3.63, 3.8) is 0 Å². The Labute approximate surface area is 127 Å². The predicted molar refractivity (Wildman–Crippen MR) is 83.3 cm³/mol. The van der Waals surface area contributed by atoms with Crippen LogP contribution in [0.3, 0.4) is 0 Å². The molecule has 2 aromatic heterocycles. The third kappa shape index (κ3) is 2.15. The Morgan fingerprint density at radius 3 is 2.81 bits per heavy atom. The van der Waals surface area contributed by atoms with Crippen LogP contribution in [-0.4, -0.2) is 26.4 Å². The van der Waals surface area contributed by atoms with E-state index in [2.05, 4.69) is 22.4 Å². The Bertz CT molecular complexity index is 755. The first-order chi connectivity index (χ1) is 10.3. The molecule has 4 rings (SSSR count). The first-order valence-corrected chi connectivity index (χ1v) is 8.11. The minimum absolute atomic E-state index is 0.0302. The normalized spacial score (nSPS) is 22.7. The third-order valence-electron chi connectivity index (χ3n) is 4.11. The van der Waals surface area contributed by atoms with E-state index in [4.69, 9.17) is 5.10 Å². The first-order valence-electron chi connectivity index (χ1n) is 7.29. The van der Waals surface area contributed by atoms with Gasteiger partial charge in [0, 0.05) is 5.56 Å². The van der Waals surface area contributed by atoms with E-state index in [0.29, 0.717) is 0 Å². The zero-order chi connectivity index (χ0) is 14.3. The summed E-state index contributed by atoms with van der Waals surface area (Å²) in [5, 5.41) is 18.1. The molecule has 3 heterocycles. The Morgan fingerprint density at radius 2 is 2.05 bits per heavy atom. The average Bonchev–Trinajstić information content (AvgIpc) is 3.09. The van der Waals surface area contributed by atoms with Crippen LogP contribution < -0.4 is 5.32 Å². The van der Waals surface area contributed by atoms with Crippen LogP contribution in [0.4, 0.5) is 0 Å². The summed E-state index contributed by atoms with van der Waals surface area (Å²) in [5.74, 6) is 0.813. The van der Waals surface area contributed by atoms with Gasteiger partial charge in [0.25, 0.3) is 0 Å². The number of hydrogen-bond acceptors (Lipinski definition) is 5. The molecule has 0 saturated carbocycles. The molecule has 0 radical (unpaired) electrons. The van der Waals surface area contributed by atoms with Crippen molar-refractivity contribution in [1.82, 2.24) is 25.1 Å². The predicted octanol–water partition coefficient (Wildman–Crippen LogP) is 2.84. The van der Waals surface area contributed by atoms with E-state index in [0.717, 1.165) is 34.3 Å². The summed E-state index contributed by atoms with van der Waals surface area (Å²) in [6, 6.07) is 10.1. The van der Waals surface area contributed by atoms with Crippen molar-refractivity contribution in [2.75, 3.05) is 6.54 Å². The summed E-state index contributed by atoms with van der Waals surface area (Å²) < 4.78 is 1.87. The number of piperidine rings is 1. The Morgan fingerprint density at radius 1 is 1.19 bits per heavy atom. The Hall–Kier alpha value is -1.79. The van der Waals surface area contributed by atoms with Gasteiger partial charge in [-0.1, -0.05) is 41.7 Å². The standard InChI is InChI=1S/C15H17N5S/c1-15(9-5-6-10-16-15)13-19-20-12(17-18-14(20)21-13)11-7-3-2-4-8-11/h2-4,7-8,16H,5-6,9-10H2,1H3. The molecule has 5 nitrogen and oxygen atoms in total. The zero-order valence-corrected chi connectivity index (χ0v) is 12.7. The first kappa shape index (κ1) is 12.9. The highest BCUT2D eigenvalue weighted by Gasteiger charge is 2.32. The summed E-state index contributed by atoms with van der Waals surface area (Å²) in [5.41, 5.74) is 1.01. The lowest BCUT2D eigenvalue weighted by Gasteiger charge is -2.32. The van der Waals surface area contributed by atoms with Gasteiger partial charge in [0.15, 0.2) is 5.82 Å². The lowest BCUT2D eigenvalue weighted by atomic mass is 9.92. The molecule has 6 heteroatoms. The molecule has 1 saturated heterocycles. The van der Waals surface area contributed by atoms with Gasteiger partial charge in [-0.05, 0) is 32.7 Å². The largest absolute Gasteiger partial charge is 0.306 e. The van der Waals surface area contributed by atoms with Crippen molar-refractivity contribution < 1.29 is 0 Å². The second kappa shape index (κ2) is 4.89. The van der Waals surface area contributed by atoms with Crippen LogP contribution in [0.5, 0.6) is 0 Å². The number of benzene rings is 1. The summed E-state index contributed by atoms with van der Waals surface area (Å²) in [6.45, 7) is 3.29. The lowest BCUT2D eigenvalue weighted by molar-refractivity contribution is 0.280. The van der Waals surface area contributed by atoms with E-state index >= 15 is 0 Å². The van der Waals surface area contributed by atoms with E-state index in [9.17, 15) is 0 Å². The van der Waals surface area contributed by atoms with Gasteiger partial charge in [-0.25, -0.2) is 0 Å². The molecule has 3 aromatic rings. The highest BCUT2D eigenvalue weighted by Crippen LogP contribution is 2.33. The van der Waals surface area contributed by atoms with Gasteiger partial charge in [-0.15, -0.1) is 10.2 Å². The van der Waals surface area contributed by atoms with E-state index < -0.39 is 0 Å². The highest BCUT2D eigenvalue weighted by molar-refractivity contribution is 7.16. The van der Waals surface area contributed by atoms with Crippen molar-refractivity contribution in [2.45, 2.75) is 31.7 Å². The number of rotatable bonds is 2. The van der Waals surface area contributed by atoms with Crippen LogP contribution in [0.15, 0.2) is 30.3 Å². The maximum absolute atomic E-state index is 4.79. The van der Waals surface area contributed by atoms with Crippen LogP contribution in [0.1, 0.15) is 31.2 Å². The zero-order valence-electron chi connectivity index (χ0n) is 11.9. The van der Waals surface area contributed by atoms with Crippen molar-refractivity contribution in [2.24, 2.45) is 0 Å². The van der Waals surface area contributed by atoms with Gasteiger partial charge in [-0.2, -0.15) is 9.61 Å². The molecule has 1 aromatic carbocycles. The van der Waals surface area contributed by atoms with Crippen LogP contribution in [0.25, 0.3) is 16.3 Å². The van der Waals surface area contributed by atoms with Crippen LogP contribution in [0, 0.1) is 0 Å². The van der Waals surface area contributed by atoms with Crippen molar-refractivity contribution in [3.8, 4) is 11.4 Å². The number of nitrogens with zero attached hydrogens (tertiary/aromatic N) is 4. The average molecular weight is 299 g/mol. The van der Waals surface area contributed by atoms with Gasteiger partial charge < -0.3 is 5.32 Å². The van der Waals surface area contributed by atoms with Gasteiger partial charge in [0.2, 0.25) is 4.96 Å². The summed E-state index contributed by atoms with van der Waals surface area (Å²) in [4.78, 5) is 0.859. The molecule has 0 amide bonds. The minimum Gasteiger partial charge on any atom is -0.306 e. The molecule has 0 aliphatic carbocycles. The number of fused-ring (bicyclic) bond motifs is 1. The molecule has 1 fully saturated rings. The van der Waals surface area contributed by atoms with E-state index in [1.54, 1.807) is 11.3 Å². The fourth-order valence-corrected chi connectivity index (χ4v) is 3.84. The van der Waals surface area contributed by atoms with Gasteiger partial charge in [0.05, 0.1) is 5.54 Å². The summed E-state index contributed by atoms with van der Waals surface area (Å²) in [6.07, 6.45) is 3.61. The number of nitrogens with one attached hydrogen (secondary N) is 1. The fraction of sp³-hybridized carbons (Fsp3) is 0.400. The molecular formula is C15H17N5S. The van der Waals surface area contributed by atoms with Crippen molar-refractivity contribution in [1.29, 1.82) is 0 Å². The minimum atomic E-state index is -0.0302.